The highest BCUT2D eigenvalue weighted by Crippen LogP contribution is 2.55. The van der Waals surface area contributed by atoms with Crippen molar-refractivity contribution in [3.05, 3.63) is 76.3 Å². The van der Waals surface area contributed by atoms with Gasteiger partial charge < -0.3 is 24.6 Å². The van der Waals surface area contributed by atoms with Crippen LogP contribution in [-0.4, -0.2) is 55.3 Å². The van der Waals surface area contributed by atoms with Crippen LogP contribution < -0.4 is 20.3 Å². The maximum atomic E-state index is 15.5. The van der Waals surface area contributed by atoms with Crippen molar-refractivity contribution in [2.45, 2.75) is 44.1 Å². The van der Waals surface area contributed by atoms with Crippen LogP contribution >= 0.6 is 6.72 Å². The summed E-state index contributed by atoms with van der Waals surface area (Å²) in [6, 6.07) is 12.9. The van der Waals surface area contributed by atoms with E-state index in [0.29, 0.717) is 4.57 Å². The Hall–Kier alpha value is -3.56. The zero-order valence-corrected chi connectivity index (χ0v) is 23.6. The van der Waals surface area contributed by atoms with Crippen LogP contribution in [0.5, 0.6) is 11.5 Å². The van der Waals surface area contributed by atoms with Crippen LogP contribution in [0, 0.1) is 13.8 Å². The van der Waals surface area contributed by atoms with Gasteiger partial charge in [0.25, 0.3) is 12.0 Å². The molecule has 42 heavy (non-hydrogen) atoms. The third-order valence-electron chi connectivity index (χ3n) is 6.49. The summed E-state index contributed by atoms with van der Waals surface area (Å²) in [4.78, 5) is 21.8. The SMILES string of the molecule is Cc1ccc(OP(=S)(OC[C@@]2(C(F)F)O[C@@H](n3cnc4c(=O)[nH]c(N)nc43)C(F)(F)[C@@H]2O)Oc2ccc(C)cc2)cc1. The van der Waals surface area contributed by atoms with Crippen molar-refractivity contribution in [2.24, 2.45) is 0 Å². The minimum Gasteiger partial charge on any atom is -0.416 e. The second-order valence-corrected chi connectivity index (χ2v) is 12.5. The first-order valence-electron chi connectivity index (χ1n) is 12.3. The maximum absolute atomic E-state index is 15.5. The third-order valence-corrected chi connectivity index (χ3v) is 8.56. The lowest BCUT2D eigenvalue weighted by Gasteiger charge is -2.32. The van der Waals surface area contributed by atoms with Crippen LogP contribution in [0.3, 0.4) is 0 Å². The predicted octanol–water partition coefficient (Wildman–Crippen LogP) is 4.25. The molecule has 1 aliphatic rings. The number of benzene rings is 2. The first kappa shape index (κ1) is 29.9. The lowest BCUT2D eigenvalue weighted by Crippen LogP contribution is -2.54. The van der Waals surface area contributed by atoms with Gasteiger partial charge in [-0.25, -0.2) is 13.8 Å². The molecule has 17 heteroatoms. The molecule has 0 amide bonds. The standard InChI is InChI=1S/C25H24F4N5O6PS/c1-13-3-7-15(8-4-13)39-41(42,40-16-9-5-14(2)6-10-16)37-11-24(21(26)27)20(36)25(28,29)22(38-24)34-12-31-17-18(34)32-23(30)33-19(17)35/h3-10,12,20-22,36H,11H2,1-2H3,(H3,30,32,33,35)/t20-,22-,24-/m1/s1. The second kappa shape index (κ2) is 10.9. The van der Waals surface area contributed by atoms with Crippen LogP contribution in [0.4, 0.5) is 23.5 Å². The number of nitrogens with one attached hydrogen (secondary N) is 1. The molecule has 0 bridgehead atoms. The minimum absolute atomic E-state index is 0.164. The molecule has 4 N–H and O–H groups in total. The Morgan fingerprint density at radius 2 is 1.67 bits per heavy atom. The number of hydrogen-bond acceptors (Lipinski definition) is 10. The predicted molar refractivity (Wildman–Crippen MR) is 146 cm³/mol. The van der Waals surface area contributed by atoms with Crippen molar-refractivity contribution in [2.75, 3.05) is 12.3 Å². The number of aromatic amines is 1. The molecule has 3 heterocycles. The van der Waals surface area contributed by atoms with E-state index in [1.54, 1.807) is 24.3 Å². The van der Waals surface area contributed by atoms with E-state index in [2.05, 4.69) is 15.0 Å². The molecule has 0 unspecified atom stereocenters. The molecule has 1 aliphatic heterocycles. The van der Waals surface area contributed by atoms with Gasteiger partial charge in [0.2, 0.25) is 12.2 Å². The van der Waals surface area contributed by atoms with Crippen molar-refractivity contribution < 1.29 is 41.0 Å². The monoisotopic (exact) mass is 629 g/mol. The number of nitrogen functional groups attached to an aromatic ring is 1. The fourth-order valence-corrected chi connectivity index (χ4v) is 6.16. The normalized spacial score (nSPS) is 22.1. The quantitative estimate of drug-likeness (QED) is 0.181. The second-order valence-electron chi connectivity index (χ2n) is 9.61. The van der Waals surface area contributed by atoms with Crippen LogP contribution in [0.2, 0.25) is 0 Å². The lowest BCUT2D eigenvalue weighted by molar-refractivity contribution is -0.191. The molecule has 11 nitrogen and oxygen atoms in total. The van der Waals surface area contributed by atoms with E-state index >= 15 is 8.78 Å². The molecular weight excluding hydrogens is 605 g/mol. The van der Waals surface area contributed by atoms with Gasteiger partial charge in [-0.1, -0.05) is 35.4 Å². The summed E-state index contributed by atoms with van der Waals surface area (Å²) < 4.78 is 83.2. The number of aryl methyl sites for hydroxylation is 2. The van der Waals surface area contributed by atoms with E-state index in [0.717, 1.165) is 17.5 Å². The Morgan fingerprint density at radius 1 is 1.12 bits per heavy atom. The summed E-state index contributed by atoms with van der Waals surface area (Å²) in [6.45, 7) is -1.78. The van der Waals surface area contributed by atoms with E-state index < -0.39 is 66.3 Å². The van der Waals surface area contributed by atoms with Gasteiger partial charge in [0.1, 0.15) is 11.5 Å². The van der Waals surface area contributed by atoms with Crippen molar-refractivity contribution in [1.29, 1.82) is 0 Å². The van der Waals surface area contributed by atoms with E-state index in [1.807, 2.05) is 13.8 Å². The van der Waals surface area contributed by atoms with Gasteiger partial charge in [-0.05, 0) is 38.1 Å². The van der Waals surface area contributed by atoms with E-state index in [-0.39, 0.29) is 11.5 Å². The highest BCUT2D eigenvalue weighted by atomic mass is 32.5. The van der Waals surface area contributed by atoms with Crippen LogP contribution in [0.1, 0.15) is 17.4 Å². The fraction of sp³-hybridized carbons (Fsp3) is 0.320. The number of aliphatic hydroxyl groups is 1. The van der Waals surface area contributed by atoms with Gasteiger partial charge in [-0.3, -0.25) is 18.9 Å². The summed E-state index contributed by atoms with van der Waals surface area (Å²) in [5.41, 5.74) is 2.23. The minimum atomic E-state index is -4.36. The molecule has 2 aromatic carbocycles. The lowest BCUT2D eigenvalue weighted by atomic mass is 9.96. The first-order valence-corrected chi connectivity index (χ1v) is 14.8. The van der Waals surface area contributed by atoms with Gasteiger partial charge in [0.05, 0.1) is 12.9 Å². The van der Waals surface area contributed by atoms with E-state index in [4.69, 9.17) is 35.8 Å². The molecule has 5 rings (SSSR count). The van der Waals surface area contributed by atoms with Gasteiger partial charge in [0, 0.05) is 11.8 Å². The fourth-order valence-electron chi connectivity index (χ4n) is 4.22. The number of alkyl halides is 4. The Balaban J connectivity index is 1.50. The molecule has 0 aliphatic carbocycles. The number of nitrogens with two attached hydrogens (primary N) is 1. The molecule has 0 radical (unpaired) electrons. The van der Waals surface area contributed by atoms with E-state index in [1.165, 1.54) is 24.3 Å². The number of rotatable bonds is 9. The number of halogens is 4. The molecule has 0 saturated carbocycles. The molecule has 224 valence electrons. The highest BCUT2D eigenvalue weighted by Gasteiger charge is 2.71. The van der Waals surface area contributed by atoms with Crippen LogP contribution in [0.25, 0.3) is 11.2 Å². The van der Waals surface area contributed by atoms with Crippen molar-refractivity contribution >= 4 is 35.6 Å². The van der Waals surface area contributed by atoms with Gasteiger partial charge in [-0.15, -0.1) is 0 Å². The number of anilines is 1. The Labute approximate surface area is 240 Å². The number of fused-ring (bicyclic) bond motifs is 1. The molecule has 1 fully saturated rings. The van der Waals surface area contributed by atoms with Crippen molar-refractivity contribution in [1.82, 2.24) is 19.5 Å². The van der Waals surface area contributed by atoms with E-state index in [9.17, 15) is 18.7 Å². The molecular formula is C25H24F4N5O6PS. The summed E-state index contributed by atoms with van der Waals surface area (Å²) in [5, 5.41) is 10.6. The van der Waals surface area contributed by atoms with Crippen LogP contribution in [-0.2, 0) is 21.1 Å². The topological polar surface area (TPSA) is 147 Å². The molecule has 4 aromatic rings. The van der Waals surface area contributed by atoms with Gasteiger partial charge >= 0.3 is 12.6 Å². The van der Waals surface area contributed by atoms with Crippen LogP contribution in [0.15, 0.2) is 59.7 Å². The summed E-state index contributed by atoms with van der Waals surface area (Å²) >= 11 is 5.50. The number of aromatic nitrogens is 4. The highest BCUT2D eigenvalue weighted by molar-refractivity contribution is 8.07. The average Bonchev–Trinajstić information content (AvgIpc) is 3.43. The summed E-state index contributed by atoms with van der Waals surface area (Å²) in [7, 11) is 0. The summed E-state index contributed by atoms with van der Waals surface area (Å²) in [5.74, 6) is -4.47. The zero-order chi connectivity index (χ0) is 30.4. The van der Waals surface area contributed by atoms with Gasteiger partial charge in [0.15, 0.2) is 22.9 Å². The maximum Gasteiger partial charge on any atom is 0.435 e. The molecule has 1 saturated heterocycles. The average molecular weight is 630 g/mol. The number of H-pyrrole nitrogens is 1. The van der Waals surface area contributed by atoms with Crippen molar-refractivity contribution in [3.63, 3.8) is 0 Å². The number of aliphatic hydroxyl groups excluding tert-OH is 1. The molecule has 2 aromatic heterocycles. The van der Waals surface area contributed by atoms with Crippen molar-refractivity contribution in [3.8, 4) is 11.5 Å². The Morgan fingerprint density at radius 3 is 2.19 bits per heavy atom. The largest absolute Gasteiger partial charge is 0.435 e. The van der Waals surface area contributed by atoms with Gasteiger partial charge in [-0.2, -0.15) is 13.8 Å². The summed E-state index contributed by atoms with van der Waals surface area (Å²) in [6.07, 6.45) is -8.68. The Bertz CT molecular complexity index is 1650. The smallest absolute Gasteiger partial charge is 0.416 e. The number of ether oxygens (including phenoxy) is 1. The molecule has 3 atom stereocenters. The first-order chi connectivity index (χ1) is 19.7. The number of nitrogens with zero attached hydrogens (tertiary/aromatic N) is 3. The third kappa shape index (κ3) is 5.47. The number of hydrogen-bond donors (Lipinski definition) is 3. The Kier molecular flexibility index (Phi) is 7.79. The number of imidazole rings is 1. The zero-order valence-electron chi connectivity index (χ0n) is 21.9. The molecule has 0 spiro atoms.